The van der Waals surface area contributed by atoms with Crippen molar-refractivity contribution in [2.24, 2.45) is 0 Å². The van der Waals surface area contributed by atoms with Crippen molar-refractivity contribution in [3.05, 3.63) is 83.4 Å². The SMILES string of the molecule is CCNc1cc(C(=O)N[C@@H](Cc2ccccc2)[C@H](O)CNCc2ccc3c(c2)OCCO3)cc(N2CCCCS2(O)O)c1. The molecule has 2 heterocycles. The summed E-state index contributed by atoms with van der Waals surface area (Å²) < 4.78 is 34.4. The van der Waals surface area contributed by atoms with Gasteiger partial charge in [-0.05, 0) is 67.6 Å². The van der Waals surface area contributed by atoms with Crippen LogP contribution in [0, 0.1) is 0 Å². The van der Waals surface area contributed by atoms with E-state index in [1.54, 1.807) is 16.4 Å². The lowest BCUT2D eigenvalue weighted by atomic mass is 10.00. The summed E-state index contributed by atoms with van der Waals surface area (Å²) in [5.41, 5.74) is 3.67. The van der Waals surface area contributed by atoms with Crippen LogP contribution in [-0.2, 0) is 13.0 Å². The van der Waals surface area contributed by atoms with Crippen LogP contribution >= 0.6 is 10.8 Å². The van der Waals surface area contributed by atoms with E-state index in [0.717, 1.165) is 29.7 Å². The minimum absolute atomic E-state index is 0.254. The van der Waals surface area contributed by atoms with Crippen LogP contribution in [0.3, 0.4) is 0 Å². The highest BCUT2D eigenvalue weighted by atomic mass is 32.3. The van der Waals surface area contributed by atoms with Crippen molar-refractivity contribution < 1.29 is 28.5 Å². The van der Waals surface area contributed by atoms with E-state index in [2.05, 4.69) is 16.0 Å². The highest BCUT2D eigenvalue weighted by molar-refractivity contribution is 8.25. The summed E-state index contributed by atoms with van der Waals surface area (Å²) in [6.07, 6.45) is 1.15. The van der Waals surface area contributed by atoms with Crippen molar-refractivity contribution in [3.8, 4) is 11.5 Å². The highest BCUT2D eigenvalue weighted by Crippen LogP contribution is 2.50. The van der Waals surface area contributed by atoms with Gasteiger partial charge in [0.2, 0.25) is 0 Å². The molecule has 6 N–H and O–H groups in total. The third-order valence-corrected chi connectivity index (χ3v) is 9.54. The summed E-state index contributed by atoms with van der Waals surface area (Å²) in [6, 6.07) is 20.2. The predicted molar refractivity (Wildman–Crippen MR) is 171 cm³/mol. The van der Waals surface area contributed by atoms with Crippen LogP contribution in [0.5, 0.6) is 11.5 Å². The standard InChI is InChI=1S/C32H42N4O6S/c1-2-34-26-18-25(19-27(20-26)36-12-6-7-15-43(36,39)40)32(38)35-28(16-23-8-4-3-5-9-23)29(37)22-33-21-24-10-11-30-31(17-24)42-14-13-41-30/h3-5,8-11,17-20,28-29,33-34,37,39-40H,2,6-7,12-16,21-22H2,1H3,(H,35,38)/t28-,29+/m0/s1. The molecule has 10 nitrogen and oxygen atoms in total. The van der Waals surface area contributed by atoms with E-state index in [0.29, 0.717) is 67.7 Å². The van der Waals surface area contributed by atoms with Gasteiger partial charge in [-0.25, -0.2) is 0 Å². The van der Waals surface area contributed by atoms with Gasteiger partial charge in [0.25, 0.3) is 5.91 Å². The van der Waals surface area contributed by atoms with Gasteiger partial charge in [0.1, 0.15) is 13.2 Å². The van der Waals surface area contributed by atoms with Gasteiger partial charge < -0.3 is 30.5 Å². The number of rotatable bonds is 12. The number of aliphatic hydroxyl groups is 1. The molecule has 0 aromatic heterocycles. The Morgan fingerprint density at radius 1 is 0.977 bits per heavy atom. The Bertz CT molecular complexity index is 1380. The number of hydrogen-bond acceptors (Lipinski definition) is 9. The molecule has 11 heteroatoms. The van der Waals surface area contributed by atoms with Crippen LogP contribution in [0.25, 0.3) is 0 Å². The highest BCUT2D eigenvalue weighted by Gasteiger charge is 2.29. The van der Waals surface area contributed by atoms with Crippen LogP contribution in [0.15, 0.2) is 66.7 Å². The number of nitrogens with one attached hydrogen (secondary N) is 3. The fourth-order valence-electron chi connectivity index (χ4n) is 5.41. The number of carbonyl (C=O) groups is 1. The lowest BCUT2D eigenvalue weighted by Gasteiger charge is -2.47. The van der Waals surface area contributed by atoms with E-state index < -0.39 is 22.9 Å². The number of benzene rings is 3. The fraction of sp³-hybridized carbons (Fsp3) is 0.406. The van der Waals surface area contributed by atoms with E-state index in [4.69, 9.17) is 9.47 Å². The van der Waals surface area contributed by atoms with Crippen molar-refractivity contribution in [1.29, 1.82) is 0 Å². The van der Waals surface area contributed by atoms with E-state index in [-0.39, 0.29) is 12.5 Å². The lowest BCUT2D eigenvalue weighted by Crippen LogP contribution is -2.48. The maximum Gasteiger partial charge on any atom is 0.251 e. The molecule has 2 aliphatic rings. The molecule has 1 fully saturated rings. The van der Waals surface area contributed by atoms with Crippen LogP contribution in [-0.4, -0.2) is 70.9 Å². The van der Waals surface area contributed by atoms with E-state index in [1.165, 1.54) is 0 Å². The van der Waals surface area contributed by atoms with Gasteiger partial charge in [0.05, 0.1) is 23.6 Å². The largest absolute Gasteiger partial charge is 0.486 e. The number of hydrogen-bond donors (Lipinski definition) is 6. The maximum absolute atomic E-state index is 13.7. The number of fused-ring (bicyclic) bond motifs is 1. The second kappa shape index (κ2) is 14.3. The molecule has 1 amide bonds. The van der Waals surface area contributed by atoms with E-state index >= 15 is 0 Å². The summed E-state index contributed by atoms with van der Waals surface area (Å²) >= 11 is 0. The lowest BCUT2D eigenvalue weighted by molar-refractivity contribution is 0.0830. The summed E-state index contributed by atoms with van der Waals surface area (Å²) in [5.74, 6) is 1.41. The first-order valence-electron chi connectivity index (χ1n) is 14.9. The van der Waals surface area contributed by atoms with Gasteiger partial charge in [0.15, 0.2) is 11.5 Å². The number of ether oxygens (including phenoxy) is 2. The minimum Gasteiger partial charge on any atom is -0.486 e. The molecule has 2 aliphatic heterocycles. The molecular weight excluding hydrogens is 568 g/mol. The number of nitrogens with zero attached hydrogens (tertiary/aromatic N) is 1. The molecule has 0 bridgehead atoms. The molecule has 3 aromatic carbocycles. The van der Waals surface area contributed by atoms with Crippen molar-refractivity contribution in [3.63, 3.8) is 0 Å². The molecule has 5 rings (SSSR count). The predicted octanol–water partition coefficient (Wildman–Crippen LogP) is 4.65. The molecule has 0 saturated carbocycles. The summed E-state index contributed by atoms with van der Waals surface area (Å²) in [4.78, 5) is 13.7. The van der Waals surface area contributed by atoms with Gasteiger partial charge in [-0.3, -0.25) is 18.2 Å². The average Bonchev–Trinajstić information content (AvgIpc) is 3.01. The first kappa shape index (κ1) is 31.0. The zero-order chi connectivity index (χ0) is 30.2. The Labute approximate surface area is 254 Å². The van der Waals surface area contributed by atoms with E-state index in [9.17, 15) is 19.0 Å². The zero-order valence-corrected chi connectivity index (χ0v) is 25.3. The van der Waals surface area contributed by atoms with Crippen LogP contribution in [0.2, 0.25) is 0 Å². The minimum atomic E-state index is -2.96. The number of aliphatic hydroxyl groups excluding tert-OH is 1. The number of amides is 1. The normalized spacial score (nSPS) is 17.9. The Kier molecular flexibility index (Phi) is 10.3. The summed E-state index contributed by atoms with van der Waals surface area (Å²) in [6.45, 7) is 4.93. The second-order valence-corrected chi connectivity index (χ2v) is 13.0. The van der Waals surface area contributed by atoms with Gasteiger partial charge in [-0.2, -0.15) is 0 Å². The van der Waals surface area contributed by atoms with E-state index in [1.807, 2.05) is 61.5 Å². The second-order valence-electron chi connectivity index (χ2n) is 10.9. The Hall–Kier alpha value is -3.48. The molecule has 0 unspecified atom stereocenters. The first-order chi connectivity index (χ1) is 20.8. The zero-order valence-electron chi connectivity index (χ0n) is 24.5. The summed E-state index contributed by atoms with van der Waals surface area (Å²) in [5, 5.41) is 20.9. The summed E-state index contributed by atoms with van der Waals surface area (Å²) in [7, 11) is -2.96. The third kappa shape index (κ3) is 8.12. The van der Waals surface area contributed by atoms with Gasteiger partial charge >= 0.3 is 0 Å². The Balaban J connectivity index is 1.31. The number of carbonyl (C=O) groups excluding carboxylic acids is 1. The molecule has 3 aromatic rings. The third-order valence-electron chi connectivity index (χ3n) is 7.60. The molecule has 0 aliphatic carbocycles. The van der Waals surface area contributed by atoms with Crippen LogP contribution in [0.1, 0.15) is 41.3 Å². The van der Waals surface area contributed by atoms with Crippen molar-refractivity contribution in [2.45, 2.75) is 44.9 Å². The average molecular weight is 611 g/mol. The molecule has 0 spiro atoms. The number of anilines is 2. The maximum atomic E-state index is 13.7. The van der Waals surface area contributed by atoms with Gasteiger partial charge in [0, 0.05) is 37.4 Å². The molecule has 0 radical (unpaired) electrons. The quantitative estimate of drug-likeness (QED) is 0.173. The first-order valence-corrected chi connectivity index (χ1v) is 16.5. The van der Waals surface area contributed by atoms with Gasteiger partial charge in [-0.15, -0.1) is 10.8 Å². The molecule has 43 heavy (non-hydrogen) atoms. The van der Waals surface area contributed by atoms with Crippen LogP contribution in [0.4, 0.5) is 11.4 Å². The van der Waals surface area contributed by atoms with Gasteiger partial charge in [-0.1, -0.05) is 36.4 Å². The van der Waals surface area contributed by atoms with Crippen molar-refractivity contribution in [2.75, 3.05) is 48.2 Å². The van der Waals surface area contributed by atoms with Crippen molar-refractivity contribution in [1.82, 2.24) is 10.6 Å². The topological polar surface area (TPSA) is 136 Å². The van der Waals surface area contributed by atoms with Crippen LogP contribution < -0.4 is 29.7 Å². The van der Waals surface area contributed by atoms with Crippen molar-refractivity contribution >= 4 is 28.1 Å². The molecule has 2 atom stereocenters. The molecule has 1 saturated heterocycles. The molecular formula is C32H42N4O6S. The Morgan fingerprint density at radius 2 is 1.77 bits per heavy atom. The molecule has 232 valence electrons. The monoisotopic (exact) mass is 610 g/mol. The smallest absolute Gasteiger partial charge is 0.251 e. The fourth-order valence-corrected chi connectivity index (χ4v) is 7.08. The Morgan fingerprint density at radius 3 is 2.53 bits per heavy atom.